The average molecular weight is 217 g/mol. The van der Waals surface area contributed by atoms with Gasteiger partial charge in [-0.05, 0) is 24.1 Å². The summed E-state index contributed by atoms with van der Waals surface area (Å²) in [6.45, 7) is 2.09. The van der Waals surface area contributed by atoms with Crippen molar-refractivity contribution < 1.29 is 0 Å². The Bertz CT molecular complexity index is 555. The van der Waals surface area contributed by atoms with Gasteiger partial charge in [0, 0.05) is 5.39 Å². The Morgan fingerprint density at radius 3 is 2.87 bits per heavy atom. The van der Waals surface area contributed by atoms with E-state index in [2.05, 4.69) is 11.9 Å². The van der Waals surface area contributed by atoms with Crippen molar-refractivity contribution in [1.29, 1.82) is 5.26 Å². The molecule has 0 atom stereocenters. The van der Waals surface area contributed by atoms with E-state index in [9.17, 15) is 0 Å². The van der Waals surface area contributed by atoms with Gasteiger partial charge in [-0.3, -0.25) is 0 Å². The number of hydrogen-bond donors (Lipinski definition) is 0. The molecule has 3 heteroatoms. The SMILES string of the molecule is CCc1ccc2cc(C#N)c(Cl)nc2c1. The third-order valence-corrected chi connectivity index (χ3v) is 2.65. The van der Waals surface area contributed by atoms with Crippen LogP contribution in [0.15, 0.2) is 24.3 Å². The minimum Gasteiger partial charge on any atom is -0.235 e. The van der Waals surface area contributed by atoms with E-state index in [-0.39, 0.29) is 5.15 Å². The van der Waals surface area contributed by atoms with Crippen LogP contribution in [0.25, 0.3) is 10.9 Å². The number of halogens is 1. The summed E-state index contributed by atoms with van der Waals surface area (Å²) in [7, 11) is 0. The number of nitrogens with zero attached hydrogens (tertiary/aromatic N) is 2. The molecule has 0 radical (unpaired) electrons. The molecule has 0 saturated heterocycles. The highest BCUT2D eigenvalue weighted by Gasteiger charge is 2.04. The van der Waals surface area contributed by atoms with E-state index in [1.54, 1.807) is 6.07 Å². The number of pyridine rings is 1. The molecule has 0 bridgehead atoms. The molecule has 1 heterocycles. The highest BCUT2D eigenvalue weighted by Crippen LogP contribution is 2.21. The van der Waals surface area contributed by atoms with Crippen LogP contribution in [0.5, 0.6) is 0 Å². The number of hydrogen-bond acceptors (Lipinski definition) is 2. The summed E-state index contributed by atoms with van der Waals surface area (Å²) in [5, 5.41) is 10.0. The fraction of sp³-hybridized carbons (Fsp3) is 0.167. The molecule has 0 aliphatic carbocycles. The third-order valence-electron chi connectivity index (χ3n) is 2.36. The lowest BCUT2D eigenvalue weighted by atomic mass is 10.1. The quantitative estimate of drug-likeness (QED) is 0.686. The largest absolute Gasteiger partial charge is 0.235 e. The summed E-state index contributed by atoms with van der Waals surface area (Å²) in [6.07, 6.45) is 0.968. The highest BCUT2D eigenvalue weighted by molar-refractivity contribution is 6.31. The fourth-order valence-electron chi connectivity index (χ4n) is 1.49. The molecule has 0 fully saturated rings. The first-order chi connectivity index (χ1) is 7.24. The molecule has 2 aromatic rings. The molecule has 1 aromatic carbocycles. The first kappa shape index (κ1) is 9.95. The van der Waals surface area contributed by atoms with Crippen LogP contribution < -0.4 is 0 Å². The first-order valence-corrected chi connectivity index (χ1v) is 5.11. The van der Waals surface area contributed by atoms with Gasteiger partial charge in [0.15, 0.2) is 0 Å². The van der Waals surface area contributed by atoms with Gasteiger partial charge in [-0.15, -0.1) is 0 Å². The molecular formula is C12H9ClN2. The van der Waals surface area contributed by atoms with Crippen molar-refractivity contribution in [3.05, 3.63) is 40.5 Å². The van der Waals surface area contributed by atoms with Gasteiger partial charge < -0.3 is 0 Å². The van der Waals surface area contributed by atoms with E-state index in [1.165, 1.54) is 5.56 Å². The maximum atomic E-state index is 8.80. The Morgan fingerprint density at radius 2 is 2.20 bits per heavy atom. The maximum Gasteiger partial charge on any atom is 0.147 e. The Balaban J connectivity index is 2.71. The number of fused-ring (bicyclic) bond motifs is 1. The molecule has 0 saturated carbocycles. The van der Waals surface area contributed by atoms with Crippen LogP contribution in [0, 0.1) is 11.3 Å². The zero-order valence-electron chi connectivity index (χ0n) is 8.29. The molecule has 0 N–H and O–H groups in total. The van der Waals surface area contributed by atoms with Gasteiger partial charge in [0.1, 0.15) is 11.2 Å². The zero-order valence-corrected chi connectivity index (χ0v) is 9.04. The van der Waals surface area contributed by atoms with E-state index in [0.29, 0.717) is 5.56 Å². The first-order valence-electron chi connectivity index (χ1n) is 4.74. The molecular weight excluding hydrogens is 208 g/mol. The molecule has 1 aromatic heterocycles. The molecule has 2 nitrogen and oxygen atoms in total. The second-order valence-corrected chi connectivity index (χ2v) is 3.68. The van der Waals surface area contributed by atoms with Crippen molar-refractivity contribution in [1.82, 2.24) is 4.98 Å². The Hall–Kier alpha value is -1.59. The summed E-state index contributed by atoms with van der Waals surface area (Å²) in [5.41, 5.74) is 2.49. The van der Waals surface area contributed by atoms with Gasteiger partial charge in [-0.25, -0.2) is 4.98 Å². The van der Waals surface area contributed by atoms with Crippen LogP contribution in [0.2, 0.25) is 5.15 Å². The lowest BCUT2D eigenvalue weighted by molar-refractivity contribution is 1.14. The van der Waals surface area contributed by atoms with Gasteiger partial charge >= 0.3 is 0 Å². The second kappa shape index (κ2) is 3.88. The number of nitriles is 1. The van der Waals surface area contributed by atoms with E-state index in [1.807, 2.05) is 24.3 Å². The molecule has 15 heavy (non-hydrogen) atoms. The van der Waals surface area contributed by atoms with E-state index in [4.69, 9.17) is 16.9 Å². The predicted octanol–water partition coefficient (Wildman–Crippen LogP) is 3.32. The van der Waals surface area contributed by atoms with Crippen LogP contribution in [0.4, 0.5) is 0 Å². The second-order valence-electron chi connectivity index (χ2n) is 3.32. The van der Waals surface area contributed by atoms with E-state index < -0.39 is 0 Å². The number of benzene rings is 1. The zero-order chi connectivity index (χ0) is 10.8. The normalized spacial score (nSPS) is 10.2. The molecule has 0 amide bonds. The van der Waals surface area contributed by atoms with E-state index >= 15 is 0 Å². The standard InChI is InChI=1S/C12H9ClN2/c1-2-8-3-4-9-6-10(7-14)12(13)15-11(9)5-8/h3-6H,2H2,1H3. The molecule has 2 rings (SSSR count). The van der Waals surface area contributed by atoms with Crippen LogP contribution in [0.1, 0.15) is 18.1 Å². The van der Waals surface area contributed by atoms with Crippen LogP contribution in [-0.4, -0.2) is 4.98 Å². The van der Waals surface area contributed by atoms with Gasteiger partial charge in [0.25, 0.3) is 0 Å². The molecule has 0 aliphatic heterocycles. The van der Waals surface area contributed by atoms with E-state index in [0.717, 1.165) is 17.3 Å². The van der Waals surface area contributed by atoms with Crippen LogP contribution in [0.3, 0.4) is 0 Å². The number of aryl methyl sites for hydroxylation is 1. The number of rotatable bonds is 1. The lowest BCUT2D eigenvalue weighted by Gasteiger charge is -2.02. The lowest BCUT2D eigenvalue weighted by Crippen LogP contribution is -1.87. The van der Waals surface area contributed by atoms with Gasteiger partial charge in [0.05, 0.1) is 11.1 Å². The summed E-state index contributed by atoms with van der Waals surface area (Å²) < 4.78 is 0. The van der Waals surface area contributed by atoms with Gasteiger partial charge in [-0.1, -0.05) is 30.7 Å². The van der Waals surface area contributed by atoms with Crippen molar-refractivity contribution in [2.75, 3.05) is 0 Å². The topological polar surface area (TPSA) is 36.7 Å². The van der Waals surface area contributed by atoms with Crippen molar-refractivity contribution >= 4 is 22.5 Å². The Kier molecular flexibility index (Phi) is 2.57. The van der Waals surface area contributed by atoms with Crippen molar-refractivity contribution in [2.45, 2.75) is 13.3 Å². The Morgan fingerprint density at radius 1 is 1.40 bits per heavy atom. The van der Waals surface area contributed by atoms with Crippen molar-refractivity contribution in [3.8, 4) is 6.07 Å². The predicted molar refractivity (Wildman–Crippen MR) is 60.8 cm³/mol. The molecule has 0 unspecified atom stereocenters. The van der Waals surface area contributed by atoms with Gasteiger partial charge in [0.2, 0.25) is 0 Å². The Labute approximate surface area is 93.1 Å². The molecule has 74 valence electrons. The third kappa shape index (κ3) is 1.79. The summed E-state index contributed by atoms with van der Waals surface area (Å²) >= 11 is 5.87. The fourth-order valence-corrected chi connectivity index (χ4v) is 1.68. The summed E-state index contributed by atoms with van der Waals surface area (Å²) in [4.78, 5) is 4.20. The highest BCUT2D eigenvalue weighted by atomic mass is 35.5. The summed E-state index contributed by atoms with van der Waals surface area (Å²) in [6, 6.07) is 9.80. The van der Waals surface area contributed by atoms with Crippen LogP contribution >= 0.6 is 11.6 Å². The molecule has 0 spiro atoms. The minimum absolute atomic E-state index is 0.276. The maximum absolute atomic E-state index is 8.80. The monoisotopic (exact) mass is 216 g/mol. The van der Waals surface area contributed by atoms with Crippen molar-refractivity contribution in [3.63, 3.8) is 0 Å². The average Bonchev–Trinajstić information content (AvgIpc) is 2.27. The number of aromatic nitrogens is 1. The minimum atomic E-state index is 0.276. The van der Waals surface area contributed by atoms with Crippen molar-refractivity contribution in [2.24, 2.45) is 0 Å². The van der Waals surface area contributed by atoms with Crippen LogP contribution in [-0.2, 0) is 6.42 Å². The summed E-state index contributed by atoms with van der Waals surface area (Å²) in [5.74, 6) is 0. The molecule has 0 aliphatic rings. The smallest absolute Gasteiger partial charge is 0.147 e. The van der Waals surface area contributed by atoms with Gasteiger partial charge in [-0.2, -0.15) is 5.26 Å².